The van der Waals surface area contributed by atoms with Crippen LogP contribution in [0.4, 0.5) is 0 Å². The largest absolute Gasteiger partial charge is 1.00 e. The second-order valence-corrected chi connectivity index (χ2v) is 2.97. The molecule has 68 valence electrons. The van der Waals surface area contributed by atoms with Gasteiger partial charge in [-0.2, -0.15) is 0 Å². The van der Waals surface area contributed by atoms with E-state index in [1.807, 2.05) is 0 Å². The van der Waals surface area contributed by atoms with Crippen LogP contribution in [0, 0.1) is 6.92 Å². The lowest BCUT2D eigenvalue weighted by Gasteiger charge is -1.94. The maximum absolute atomic E-state index is 2.25. The zero-order chi connectivity index (χ0) is 8.10. The van der Waals surface area contributed by atoms with E-state index in [4.69, 9.17) is 0 Å². The average molecular weight is 186 g/mol. The minimum atomic E-state index is 0. The Morgan fingerprint density at radius 2 is 2.17 bits per heavy atom. The van der Waals surface area contributed by atoms with Crippen molar-refractivity contribution in [3.8, 4) is 0 Å². The van der Waals surface area contributed by atoms with Gasteiger partial charge in [-0.05, 0) is 13.0 Å². The Labute approximate surface area is 80.8 Å². The van der Waals surface area contributed by atoms with Crippen LogP contribution < -0.4 is 17.0 Å². The van der Waals surface area contributed by atoms with Crippen LogP contribution in [0.15, 0.2) is 24.5 Å². The Bertz CT molecular complexity index is 223. The van der Waals surface area contributed by atoms with Gasteiger partial charge >= 0.3 is 0 Å². The molecule has 1 nitrogen and oxygen atoms in total. The van der Waals surface area contributed by atoms with Crippen molar-refractivity contribution in [1.29, 1.82) is 0 Å². The highest BCUT2D eigenvalue weighted by atomic mass is 35.5. The van der Waals surface area contributed by atoms with Crippen molar-refractivity contribution in [1.82, 2.24) is 0 Å². The van der Waals surface area contributed by atoms with Crippen LogP contribution in [0.2, 0.25) is 0 Å². The monoisotopic (exact) mass is 185 g/mol. The first-order valence-electron chi connectivity index (χ1n) is 4.28. The van der Waals surface area contributed by atoms with Crippen molar-refractivity contribution in [3.05, 3.63) is 30.1 Å². The number of aromatic nitrogens is 1. The lowest BCUT2D eigenvalue weighted by molar-refractivity contribution is -0.697. The molecule has 0 fully saturated rings. The maximum Gasteiger partial charge on any atom is 0.171 e. The molecule has 0 aliphatic rings. The quantitative estimate of drug-likeness (QED) is 0.537. The van der Waals surface area contributed by atoms with Crippen molar-refractivity contribution >= 4 is 0 Å². The highest BCUT2D eigenvalue weighted by molar-refractivity contribution is 5.01. The van der Waals surface area contributed by atoms with Gasteiger partial charge in [0.25, 0.3) is 0 Å². The van der Waals surface area contributed by atoms with E-state index >= 15 is 0 Å². The van der Waals surface area contributed by atoms with Crippen LogP contribution in [0.1, 0.15) is 25.3 Å². The summed E-state index contributed by atoms with van der Waals surface area (Å²) in [6, 6.07) is 4.23. The summed E-state index contributed by atoms with van der Waals surface area (Å²) in [5, 5.41) is 0. The lowest BCUT2D eigenvalue weighted by Crippen LogP contribution is -3.00. The lowest BCUT2D eigenvalue weighted by atomic mass is 10.3. The molecule has 0 unspecified atom stereocenters. The Balaban J connectivity index is 0.00000121. The van der Waals surface area contributed by atoms with Gasteiger partial charge in [-0.3, -0.25) is 0 Å². The van der Waals surface area contributed by atoms with Gasteiger partial charge in [0.2, 0.25) is 0 Å². The van der Waals surface area contributed by atoms with Gasteiger partial charge in [-0.1, -0.05) is 13.3 Å². The van der Waals surface area contributed by atoms with E-state index in [0.29, 0.717) is 0 Å². The van der Waals surface area contributed by atoms with Gasteiger partial charge in [0, 0.05) is 18.1 Å². The number of pyridine rings is 1. The van der Waals surface area contributed by atoms with Gasteiger partial charge in [0.05, 0.1) is 0 Å². The van der Waals surface area contributed by atoms with Crippen LogP contribution >= 0.6 is 0 Å². The molecule has 1 rings (SSSR count). The molecular weight excluding hydrogens is 170 g/mol. The Morgan fingerprint density at radius 3 is 2.75 bits per heavy atom. The van der Waals surface area contributed by atoms with Crippen molar-refractivity contribution in [3.63, 3.8) is 0 Å². The summed E-state index contributed by atoms with van der Waals surface area (Å²) in [6.45, 7) is 5.50. The van der Waals surface area contributed by atoms with Crippen molar-refractivity contribution in [2.45, 2.75) is 33.2 Å². The van der Waals surface area contributed by atoms with Gasteiger partial charge in [-0.25, -0.2) is 4.57 Å². The Morgan fingerprint density at radius 1 is 1.42 bits per heavy atom. The number of hydrogen-bond donors (Lipinski definition) is 0. The van der Waals surface area contributed by atoms with E-state index in [2.05, 4.69) is 42.9 Å². The molecule has 0 radical (unpaired) electrons. The van der Waals surface area contributed by atoms with Crippen LogP contribution in [0.25, 0.3) is 0 Å². The molecule has 0 atom stereocenters. The molecule has 1 heterocycles. The summed E-state index contributed by atoms with van der Waals surface area (Å²) in [7, 11) is 0. The van der Waals surface area contributed by atoms with Crippen molar-refractivity contribution in [2.24, 2.45) is 0 Å². The summed E-state index contributed by atoms with van der Waals surface area (Å²) in [5.41, 5.74) is 1.34. The molecule has 0 N–H and O–H groups in total. The van der Waals surface area contributed by atoms with Gasteiger partial charge in [-0.15, -0.1) is 0 Å². The first-order valence-corrected chi connectivity index (χ1v) is 4.28. The third-order valence-corrected chi connectivity index (χ3v) is 1.78. The van der Waals surface area contributed by atoms with Crippen molar-refractivity contribution in [2.75, 3.05) is 0 Å². The molecule has 0 bridgehead atoms. The summed E-state index contributed by atoms with van der Waals surface area (Å²) in [4.78, 5) is 0. The van der Waals surface area contributed by atoms with E-state index in [0.717, 1.165) is 6.54 Å². The predicted octanol–water partition coefficient (Wildman–Crippen LogP) is -0.913. The molecule has 0 aliphatic carbocycles. The second-order valence-electron chi connectivity index (χ2n) is 2.97. The Hall–Kier alpha value is -0.560. The zero-order valence-electron chi connectivity index (χ0n) is 7.76. The molecular formula is C10H16ClN. The van der Waals surface area contributed by atoms with Crippen LogP contribution in [0.5, 0.6) is 0 Å². The predicted molar refractivity (Wildman–Crippen MR) is 46.3 cm³/mol. The number of rotatable bonds is 3. The minimum absolute atomic E-state index is 0. The van der Waals surface area contributed by atoms with Crippen molar-refractivity contribution < 1.29 is 17.0 Å². The van der Waals surface area contributed by atoms with Crippen LogP contribution in [-0.2, 0) is 6.54 Å². The van der Waals surface area contributed by atoms with E-state index < -0.39 is 0 Å². The highest BCUT2D eigenvalue weighted by Gasteiger charge is 1.97. The smallest absolute Gasteiger partial charge is 0.171 e. The Kier molecular flexibility index (Phi) is 5.73. The fourth-order valence-corrected chi connectivity index (χ4v) is 1.13. The number of unbranched alkanes of at least 4 members (excludes halogenated alkanes) is 1. The standard InChI is InChI=1S/C10H16N.ClH/c1-3-4-7-11-8-5-6-10(2)9-11;/h5-6,8-9H,3-4,7H2,1-2H3;1H/q+1;/p-1. The molecule has 1 aromatic rings. The summed E-state index contributed by atoms with van der Waals surface area (Å²) >= 11 is 0. The molecule has 2 heteroatoms. The first-order chi connectivity index (χ1) is 5.33. The minimum Gasteiger partial charge on any atom is -1.00 e. The first kappa shape index (κ1) is 11.4. The number of halogens is 1. The average Bonchev–Trinajstić information content (AvgIpc) is 2.01. The molecule has 0 saturated heterocycles. The maximum atomic E-state index is 2.25. The second kappa shape index (κ2) is 6.01. The van der Waals surface area contributed by atoms with E-state index in [-0.39, 0.29) is 12.4 Å². The zero-order valence-corrected chi connectivity index (χ0v) is 8.51. The van der Waals surface area contributed by atoms with Gasteiger partial charge in [0.15, 0.2) is 12.4 Å². The number of aryl methyl sites for hydroxylation is 2. The van der Waals surface area contributed by atoms with Gasteiger partial charge in [0.1, 0.15) is 6.54 Å². The number of hydrogen-bond acceptors (Lipinski definition) is 0. The topological polar surface area (TPSA) is 3.88 Å². The van der Waals surface area contributed by atoms with E-state index in [1.54, 1.807) is 0 Å². The summed E-state index contributed by atoms with van der Waals surface area (Å²) in [6.07, 6.45) is 6.85. The summed E-state index contributed by atoms with van der Waals surface area (Å²) in [5.74, 6) is 0. The number of nitrogens with zero attached hydrogens (tertiary/aromatic N) is 1. The van der Waals surface area contributed by atoms with E-state index in [1.165, 1.54) is 18.4 Å². The molecule has 0 aromatic carbocycles. The van der Waals surface area contributed by atoms with Crippen LogP contribution in [-0.4, -0.2) is 0 Å². The molecule has 12 heavy (non-hydrogen) atoms. The summed E-state index contributed by atoms with van der Waals surface area (Å²) < 4.78 is 2.25. The SMILES string of the molecule is CCCC[n+]1cccc(C)c1.[Cl-]. The molecule has 0 saturated carbocycles. The van der Waals surface area contributed by atoms with E-state index in [9.17, 15) is 0 Å². The molecule has 0 amide bonds. The van der Waals surface area contributed by atoms with Gasteiger partial charge < -0.3 is 12.4 Å². The molecule has 0 spiro atoms. The third kappa shape index (κ3) is 3.72. The molecule has 1 aromatic heterocycles. The fourth-order valence-electron chi connectivity index (χ4n) is 1.13. The molecule has 0 aliphatic heterocycles. The third-order valence-electron chi connectivity index (χ3n) is 1.78. The normalized spacial score (nSPS) is 9.17. The van der Waals surface area contributed by atoms with Crippen LogP contribution in [0.3, 0.4) is 0 Å². The fraction of sp³-hybridized carbons (Fsp3) is 0.500. The highest BCUT2D eigenvalue weighted by Crippen LogP contribution is 1.91.